The number of sulfone groups is 2. The average molecular weight is 1120 g/mol. The van der Waals surface area contributed by atoms with E-state index in [4.69, 9.17) is 38.4 Å². The van der Waals surface area contributed by atoms with Crippen molar-refractivity contribution in [3.63, 3.8) is 0 Å². The lowest BCUT2D eigenvalue weighted by atomic mass is 9.71. The van der Waals surface area contributed by atoms with E-state index in [1.54, 1.807) is 90.4 Å². The molecule has 2 aliphatic carbocycles. The average Bonchev–Trinajstić information content (AvgIpc) is 3.37. The van der Waals surface area contributed by atoms with Gasteiger partial charge >= 0.3 is 6.03 Å². The topological polar surface area (TPSA) is 271 Å². The maximum absolute atomic E-state index is 12.9. The van der Waals surface area contributed by atoms with Gasteiger partial charge in [-0.05, 0) is 132 Å². The molecule has 0 fully saturated rings. The van der Waals surface area contributed by atoms with Gasteiger partial charge in [-0.3, -0.25) is 4.79 Å². The molecule has 2 amide bonds. The van der Waals surface area contributed by atoms with E-state index < -0.39 is 47.0 Å². The van der Waals surface area contributed by atoms with Gasteiger partial charge in [0.15, 0.2) is 31.3 Å². The highest BCUT2D eigenvalue weighted by molar-refractivity contribution is 7.92. The monoisotopic (exact) mass is 1110 g/mol. The van der Waals surface area contributed by atoms with E-state index in [1.807, 2.05) is 52.0 Å². The number of nitrogens with one attached hydrogen (secondary N) is 5. The molecular weight excluding hydrogens is 1050 g/mol. The molecule has 6 aromatic rings. The number of hydrogen-bond donors (Lipinski definition) is 6. The zero-order valence-corrected chi connectivity index (χ0v) is 46.9. The van der Waals surface area contributed by atoms with Crippen molar-refractivity contribution >= 4 is 107 Å². The second kappa shape index (κ2) is 22.6. The lowest BCUT2D eigenvalue weighted by Gasteiger charge is -2.34. The summed E-state index contributed by atoms with van der Waals surface area (Å²) in [4.78, 5) is 41.7. The van der Waals surface area contributed by atoms with Crippen LogP contribution in [-0.4, -0.2) is 79.0 Å². The summed E-state index contributed by atoms with van der Waals surface area (Å²) in [5.74, 6) is 2.29. The Morgan fingerprint density at radius 1 is 0.632 bits per heavy atom. The van der Waals surface area contributed by atoms with Crippen LogP contribution in [0, 0.1) is 0 Å². The lowest BCUT2D eigenvalue weighted by molar-refractivity contribution is -0.124. The maximum Gasteiger partial charge on any atom is 0.332 e. The first-order chi connectivity index (χ1) is 35.8. The van der Waals surface area contributed by atoms with E-state index in [1.165, 1.54) is 12.4 Å². The van der Waals surface area contributed by atoms with Gasteiger partial charge in [0.05, 0.1) is 69.7 Å². The van der Waals surface area contributed by atoms with Gasteiger partial charge in [0, 0.05) is 23.0 Å². The van der Waals surface area contributed by atoms with Gasteiger partial charge in [-0.2, -0.15) is 15.1 Å². The number of anilines is 8. The number of ether oxygens (including phenoxy) is 2. The quantitative estimate of drug-likeness (QED) is 0.0522. The van der Waals surface area contributed by atoms with Crippen LogP contribution in [-0.2, 0) is 48.1 Å². The number of nitrogens with two attached hydrogens (primary N) is 1. The van der Waals surface area contributed by atoms with E-state index in [2.05, 4.69) is 51.7 Å². The number of aromatic nitrogens is 4. The third-order valence-corrected chi connectivity index (χ3v) is 18.3. The number of para-hydroxylation sites is 2. The zero-order chi connectivity index (χ0) is 55.5. The van der Waals surface area contributed by atoms with E-state index in [0.29, 0.717) is 59.9 Å². The molecule has 402 valence electrons. The number of benzene rings is 4. The highest BCUT2D eigenvalue weighted by atomic mass is 35.5. The summed E-state index contributed by atoms with van der Waals surface area (Å²) in [6.45, 7) is 14.4. The number of rotatable bonds is 15. The molecule has 7 N–H and O–H groups in total. The predicted octanol–water partition coefficient (Wildman–Crippen LogP) is 10.7. The van der Waals surface area contributed by atoms with Crippen LogP contribution < -0.4 is 41.9 Å². The molecule has 2 aromatic heterocycles. The summed E-state index contributed by atoms with van der Waals surface area (Å²) in [6.07, 6.45) is 5.38. The number of aryl methyl sites for hydroxylation is 2. The summed E-state index contributed by atoms with van der Waals surface area (Å²) in [7, 11) is -3.95. The third-order valence-electron chi connectivity index (χ3n) is 13.3. The largest absolute Gasteiger partial charge is 0.495 e. The molecule has 0 saturated heterocycles. The minimum atomic E-state index is -3.56. The number of carbonyl (C=O) groups excluding carboxylic acids is 2. The summed E-state index contributed by atoms with van der Waals surface area (Å²) >= 11 is 12.8. The van der Waals surface area contributed by atoms with E-state index in [9.17, 15) is 26.4 Å². The van der Waals surface area contributed by atoms with E-state index >= 15 is 0 Å². The van der Waals surface area contributed by atoms with Crippen molar-refractivity contribution in [2.45, 2.75) is 112 Å². The van der Waals surface area contributed by atoms with Crippen LogP contribution in [0.5, 0.6) is 11.5 Å². The third kappa shape index (κ3) is 12.0. The summed E-state index contributed by atoms with van der Waals surface area (Å²) < 4.78 is 62.7. The van der Waals surface area contributed by atoms with Gasteiger partial charge in [-0.25, -0.2) is 37.0 Å². The summed E-state index contributed by atoms with van der Waals surface area (Å²) in [5.41, 5.74) is 13.2. The number of carbonyl (C=O) groups is 2. The van der Waals surface area contributed by atoms with Crippen molar-refractivity contribution in [3.05, 3.63) is 117 Å². The molecule has 76 heavy (non-hydrogen) atoms. The SMILES string of the molecule is COc1cc2c(cc1Nc1ncc(Cl)c(Nc3ccccc3S(=O)(=O)C(C)C)n1)C(C)(C)/C(=N/NC(N)=O)CC2.COc1cc2c(cc1Nc1ncc(Cl)c(Nc3ccccc3S(=O)(=O)C(C)C)n1)C(C)(C)C(=O)CC2. The number of ketones is 1. The molecule has 0 unspecified atom stereocenters. The number of methoxy groups -OCH3 is 2. The highest BCUT2D eigenvalue weighted by Gasteiger charge is 2.37. The van der Waals surface area contributed by atoms with Gasteiger partial charge in [-0.15, -0.1) is 0 Å². The molecule has 19 nitrogen and oxygen atoms in total. The van der Waals surface area contributed by atoms with Gasteiger partial charge < -0.3 is 36.5 Å². The number of urea groups is 1. The molecule has 0 aliphatic heterocycles. The van der Waals surface area contributed by atoms with Gasteiger partial charge in [0.2, 0.25) is 11.9 Å². The zero-order valence-electron chi connectivity index (χ0n) is 43.7. The Morgan fingerprint density at radius 3 is 1.47 bits per heavy atom. The molecule has 2 aliphatic rings. The number of hydrogen-bond acceptors (Lipinski definition) is 17. The van der Waals surface area contributed by atoms with E-state index in [0.717, 1.165) is 28.0 Å². The van der Waals surface area contributed by atoms with E-state index in [-0.39, 0.29) is 49.2 Å². The molecule has 0 bridgehead atoms. The fourth-order valence-electron chi connectivity index (χ4n) is 8.77. The van der Waals surface area contributed by atoms with Crippen molar-refractivity contribution in [1.82, 2.24) is 25.4 Å². The van der Waals surface area contributed by atoms with Crippen molar-refractivity contribution in [1.29, 1.82) is 0 Å². The Labute approximate surface area is 453 Å². The number of hydrazone groups is 1. The number of Topliss-reactive ketones (excluding diaryl/α,β-unsaturated/α-hetero) is 1. The van der Waals surface area contributed by atoms with Crippen LogP contribution in [0.3, 0.4) is 0 Å². The van der Waals surface area contributed by atoms with Crippen molar-refractivity contribution in [3.8, 4) is 11.5 Å². The van der Waals surface area contributed by atoms with Crippen LogP contribution >= 0.6 is 23.2 Å². The summed E-state index contributed by atoms with van der Waals surface area (Å²) in [6, 6.07) is 20.2. The van der Waals surface area contributed by atoms with Gasteiger partial charge in [0.25, 0.3) is 0 Å². The number of nitrogens with zero attached hydrogens (tertiary/aromatic N) is 5. The Kier molecular flexibility index (Phi) is 16.9. The first-order valence-corrected chi connectivity index (χ1v) is 28.0. The first-order valence-electron chi connectivity index (χ1n) is 24.2. The van der Waals surface area contributed by atoms with Crippen molar-refractivity contribution in [2.75, 3.05) is 35.5 Å². The fourth-order valence-corrected chi connectivity index (χ4v) is 11.5. The van der Waals surface area contributed by atoms with Crippen molar-refractivity contribution in [2.24, 2.45) is 10.8 Å². The maximum atomic E-state index is 12.9. The van der Waals surface area contributed by atoms with Gasteiger partial charge in [-0.1, -0.05) is 61.3 Å². The van der Waals surface area contributed by atoms with Crippen LogP contribution in [0.4, 0.5) is 51.1 Å². The Bertz CT molecular complexity index is 3480. The molecule has 0 saturated carbocycles. The molecule has 8 rings (SSSR count). The molecule has 0 atom stereocenters. The van der Waals surface area contributed by atoms with Crippen LogP contribution in [0.1, 0.15) is 90.5 Å². The molecule has 23 heteroatoms. The predicted molar refractivity (Wildman–Crippen MR) is 299 cm³/mol. The minimum absolute atomic E-state index is 0.149. The first kappa shape index (κ1) is 56.7. The molecule has 2 heterocycles. The van der Waals surface area contributed by atoms with Crippen molar-refractivity contribution < 1.29 is 35.9 Å². The second-order valence-corrected chi connectivity index (χ2v) is 25.3. The Hall–Kier alpha value is -7.07. The standard InChI is InChI=1S/C27H32ClN7O4S.C26H29ClN4O4S/c1-15(2)40(37,38)22-9-7-6-8-19(22)31-24-18(28)14-30-26(33-24)32-20-13-17-16(12-21(20)39-5)10-11-23(27(17,3)4)34-35-25(29)36;1-15(2)36(33,34)22-9-7-6-8-19(22)29-24-18(27)14-28-25(31-24)30-20-13-17-16(12-21(20)35-5)10-11-23(32)26(17,3)4/h6-9,12-15H,10-11H2,1-5H3,(H3,29,35,36)(H2,30,31,32,33);6-9,12-15H,10-11H2,1-5H3,(H2,28,29,30,31)/b34-23+;. The molecule has 0 spiro atoms. The van der Waals surface area contributed by atoms with Crippen LogP contribution in [0.15, 0.2) is 100 Å². The van der Waals surface area contributed by atoms with Gasteiger partial charge in [0.1, 0.15) is 27.3 Å². The second-order valence-electron chi connectivity index (χ2n) is 19.6. The van der Waals surface area contributed by atoms with Crippen LogP contribution in [0.2, 0.25) is 10.0 Å². The normalized spacial score (nSPS) is 15.2. The fraction of sp³-hybridized carbons (Fsp3) is 0.340. The minimum Gasteiger partial charge on any atom is -0.495 e. The Morgan fingerprint density at radius 2 is 1.05 bits per heavy atom. The number of amides is 2. The number of fused-ring (bicyclic) bond motifs is 2. The number of halogens is 2. The molecule has 4 aromatic carbocycles. The Balaban J connectivity index is 0.000000222. The summed E-state index contributed by atoms with van der Waals surface area (Å²) in [5, 5.41) is 15.9. The molecule has 0 radical (unpaired) electrons. The smallest absolute Gasteiger partial charge is 0.332 e. The molecular formula is C53H61Cl2N11O8S2. The lowest BCUT2D eigenvalue weighted by Crippen LogP contribution is -2.37. The number of primary amides is 1. The van der Waals surface area contributed by atoms with Crippen LogP contribution in [0.25, 0.3) is 0 Å². The highest BCUT2D eigenvalue weighted by Crippen LogP contribution is 2.43.